The third-order valence-corrected chi connectivity index (χ3v) is 11.8. The first-order valence-electron chi connectivity index (χ1n) is 17.0. The number of nitrogens with one attached hydrogen (secondary N) is 2. The molecule has 2 amide bonds. The summed E-state index contributed by atoms with van der Waals surface area (Å²) >= 11 is 0. The van der Waals surface area contributed by atoms with Crippen molar-refractivity contribution in [1.82, 2.24) is 20.2 Å². The Bertz CT molecular complexity index is 1910. The maximum Gasteiger partial charge on any atom is 0.406 e. The summed E-state index contributed by atoms with van der Waals surface area (Å²) in [5.41, 5.74) is 1.41. The van der Waals surface area contributed by atoms with Crippen LogP contribution < -0.4 is 14.8 Å². The number of anilines is 1. The number of rotatable bonds is 6. The number of hydrogen-bond acceptors (Lipinski definition) is 8. The number of nitrogens with zero attached hydrogens (tertiary/aromatic N) is 3. The molecule has 0 unspecified atom stereocenters. The number of carbonyl (C=O) groups excluding carboxylic acids is 2. The van der Waals surface area contributed by atoms with Crippen LogP contribution >= 0.6 is 0 Å². The van der Waals surface area contributed by atoms with E-state index in [-0.39, 0.29) is 54.1 Å². The molecule has 1 aromatic heterocycles. The standard InChI is InChI=1S/C36H42F3N5O6S/c1-21-7-5-8-22(2)29(21)30-23(3)31-42-33(41-30)43-51(47,48)28-10-6-9-25(17-28)32(45)44(26-13-11-24(12-14-26)19-40-34(46)49-4)27(20-50-31)18-35(15-16-35)36(37,38)39/h5-10,17,24,26-27H,11-16,18-20H2,1-4H3,(H,40,46)(H,41,42,43)/t24?,26?,27-/m1/s1. The summed E-state index contributed by atoms with van der Waals surface area (Å²) in [6, 6.07) is 9.64. The fraction of sp³-hybridized carbons (Fsp3) is 0.500. The highest BCUT2D eigenvalue weighted by atomic mass is 32.2. The number of carbonyl (C=O) groups is 2. The molecular formula is C36H42F3N5O6S. The van der Waals surface area contributed by atoms with Gasteiger partial charge in [-0.25, -0.2) is 22.9 Å². The molecule has 274 valence electrons. The second-order valence-corrected chi connectivity index (χ2v) is 15.6. The summed E-state index contributed by atoms with van der Waals surface area (Å²) < 4.78 is 84.7. The molecule has 2 fully saturated rings. The van der Waals surface area contributed by atoms with Gasteiger partial charge in [-0.05, 0) is 101 Å². The van der Waals surface area contributed by atoms with E-state index in [1.54, 1.807) is 6.92 Å². The fourth-order valence-electron chi connectivity index (χ4n) is 7.41. The first-order chi connectivity index (χ1) is 24.1. The lowest BCUT2D eigenvalue weighted by molar-refractivity contribution is -0.193. The van der Waals surface area contributed by atoms with Gasteiger partial charge in [0.2, 0.25) is 11.8 Å². The summed E-state index contributed by atoms with van der Waals surface area (Å²) in [5.74, 6) is -0.778. The van der Waals surface area contributed by atoms with Crippen LogP contribution in [0.1, 0.15) is 72.0 Å². The number of methoxy groups -OCH3 is 1. The van der Waals surface area contributed by atoms with Gasteiger partial charge in [0.1, 0.15) is 6.61 Å². The number of aromatic nitrogens is 2. The van der Waals surface area contributed by atoms with Crippen molar-refractivity contribution in [2.24, 2.45) is 11.3 Å². The number of halogens is 3. The maximum absolute atomic E-state index is 14.6. The van der Waals surface area contributed by atoms with Crippen molar-refractivity contribution in [2.45, 2.75) is 88.9 Å². The summed E-state index contributed by atoms with van der Waals surface area (Å²) in [6.45, 7) is 5.56. The topological polar surface area (TPSA) is 140 Å². The number of amides is 2. The summed E-state index contributed by atoms with van der Waals surface area (Å²) in [7, 11) is -3.05. The molecule has 51 heavy (non-hydrogen) atoms. The molecule has 0 radical (unpaired) electrons. The van der Waals surface area contributed by atoms with E-state index in [1.165, 1.54) is 36.3 Å². The largest absolute Gasteiger partial charge is 0.475 e. The molecule has 4 bridgehead atoms. The average molecular weight is 730 g/mol. The Balaban J connectivity index is 1.46. The monoisotopic (exact) mass is 729 g/mol. The van der Waals surface area contributed by atoms with Crippen molar-refractivity contribution < 1.29 is 40.7 Å². The Morgan fingerprint density at radius 2 is 1.73 bits per heavy atom. The quantitative estimate of drug-likeness (QED) is 0.285. The molecule has 11 nitrogen and oxygen atoms in total. The molecule has 2 N–H and O–H groups in total. The van der Waals surface area contributed by atoms with Crippen LogP contribution in [0.4, 0.5) is 23.9 Å². The number of ether oxygens (including phenoxy) is 2. The van der Waals surface area contributed by atoms with Gasteiger partial charge in [0, 0.05) is 29.3 Å². The summed E-state index contributed by atoms with van der Waals surface area (Å²) in [6.07, 6.45) is -3.45. The normalized spacial score (nSPS) is 22.7. The first-order valence-corrected chi connectivity index (χ1v) is 18.5. The minimum absolute atomic E-state index is 0.00171. The lowest BCUT2D eigenvalue weighted by atomic mass is 9.83. The Kier molecular flexibility index (Phi) is 9.96. The van der Waals surface area contributed by atoms with Crippen molar-refractivity contribution in [3.63, 3.8) is 0 Å². The van der Waals surface area contributed by atoms with E-state index in [1.807, 2.05) is 32.0 Å². The number of sulfonamides is 1. The molecule has 2 heterocycles. The second kappa shape index (κ2) is 14.0. The number of fused-ring (bicyclic) bond motifs is 4. The summed E-state index contributed by atoms with van der Waals surface area (Å²) in [4.78, 5) is 36.5. The van der Waals surface area contributed by atoms with Crippen LogP contribution in [0.5, 0.6) is 5.88 Å². The SMILES string of the molecule is COC(=O)NCC1CCC(N2C(=O)c3cccc(c3)S(=O)(=O)Nc3nc(c(C)c(-c4c(C)cccc4C)n3)OC[C@H]2CC2(C(F)(F)F)CC2)CC1. The molecule has 2 aromatic carbocycles. The van der Waals surface area contributed by atoms with Gasteiger partial charge in [0.25, 0.3) is 15.9 Å². The lowest BCUT2D eigenvalue weighted by Crippen LogP contribution is -2.53. The van der Waals surface area contributed by atoms with Gasteiger partial charge in [-0.1, -0.05) is 24.3 Å². The van der Waals surface area contributed by atoms with Gasteiger partial charge in [-0.2, -0.15) is 18.2 Å². The van der Waals surface area contributed by atoms with Crippen LogP contribution in [-0.4, -0.2) is 73.8 Å². The smallest absolute Gasteiger partial charge is 0.406 e. The second-order valence-electron chi connectivity index (χ2n) is 13.9. The predicted molar refractivity (Wildman–Crippen MR) is 183 cm³/mol. The van der Waals surface area contributed by atoms with Crippen LogP contribution in [0, 0.1) is 32.1 Å². The van der Waals surface area contributed by atoms with Gasteiger partial charge in [0.05, 0.1) is 29.2 Å². The first kappa shape index (κ1) is 36.4. The molecule has 0 saturated heterocycles. The number of hydrogen-bond donors (Lipinski definition) is 2. The molecule has 1 atom stereocenters. The number of aryl methyl sites for hydroxylation is 2. The minimum Gasteiger partial charge on any atom is -0.475 e. The highest BCUT2D eigenvalue weighted by Gasteiger charge is 2.64. The zero-order valence-electron chi connectivity index (χ0n) is 29.0. The molecular weight excluding hydrogens is 687 g/mol. The van der Waals surface area contributed by atoms with E-state index in [0.717, 1.165) is 16.7 Å². The molecule has 2 saturated carbocycles. The van der Waals surface area contributed by atoms with Crippen LogP contribution in [0.3, 0.4) is 0 Å². The molecule has 3 aromatic rings. The number of alkyl carbamates (subject to hydrolysis) is 1. The number of benzene rings is 2. The molecule has 3 aliphatic rings. The van der Waals surface area contributed by atoms with Crippen molar-refractivity contribution in [3.05, 3.63) is 64.7 Å². The van der Waals surface area contributed by atoms with Gasteiger partial charge in [0.15, 0.2) is 0 Å². The van der Waals surface area contributed by atoms with Gasteiger partial charge in [-0.15, -0.1) is 0 Å². The van der Waals surface area contributed by atoms with E-state index in [0.29, 0.717) is 43.5 Å². The van der Waals surface area contributed by atoms with Crippen LogP contribution in [-0.2, 0) is 14.8 Å². The van der Waals surface area contributed by atoms with Crippen molar-refractivity contribution >= 4 is 28.0 Å². The fourth-order valence-corrected chi connectivity index (χ4v) is 8.40. The van der Waals surface area contributed by atoms with E-state index in [4.69, 9.17) is 4.74 Å². The Labute approximate surface area is 295 Å². The van der Waals surface area contributed by atoms with E-state index >= 15 is 0 Å². The van der Waals surface area contributed by atoms with E-state index < -0.39 is 45.7 Å². The van der Waals surface area contributed by atoms with Crippen molar-refractivity contribution in [3.8, 4) is 17.1 Å². The zero-order chi connectivity index (χ0) is 36.7. The van der Waals surface area contributed by atoms with Crippen molar-refractivity contribution in [2.75, 3.05) is 25.0 Å². The third-order valence-electron chi connectivity index (χ3n) is 10.5. The van der Waals surface area contributed by atoms with Gasteiger partial charge >= 0.3 is 12.3 Å². The van der Waals surface area contributed by atoms with Crippen LogP contribution in [0.15, 0.2) is 47.4 Å². The summed E-state index contributed by atoms with van der Waals surface area (Å²) in [5, 5.41) is 2.70. The van der Waals surface area contributed by atoms with Gasteiger partial charge < -0.3 is 19.7 Å². The highest BCUT2D eigenvalue weighted by Crippen LogP contribution is 2.61. The zero-order valence-corrected chi connectivity index (χ0v) is 29.8. The molecule has 6 rings (SSSR count). The Morgan fingerprint density at radius 1 is 1.06 bits per heavy atom. The Morgan fingerprint density at radius 3 is 2.35 bits per heavy atom. The molecule has 1 aliphatic heterocycles. The molecule has 2 aliphatic carbocycles. The molecule has 0 spiro atoms. The Hall–Kier alpha value is -4.40. The maximum atomic E-state index is 14.6. The van der Waals surface area contributed by atoms with Crippen LogP contribution in [0.2, 0.25) is 0 Å². The highest BCUT2D eigenvalue weighted by molar-refractivity contribution is 7.92. The predicted octanol–water partition coefficient (Wildman–Crippen LogP) is 6.72. The van der Waals surface area contributed by atoms with E-state index in [9.17, 15) is 31.2 Å². The lowest BCUT2D eigenvalue weighted by Gasteiger charge is -2.43. The third kappa shape index (κ3) is 7.49. The van der Waals surface area contributed by atoms with Crippen LogP contribution in [0.25, 0.3) is 11.3 Å². The van der Waals surface area contributed by atoms with Gasteiger partial charge in [-0.3, -0.25) is 4.79 Å². The van der Waals surface area contributed by atoms with E-state index in [2.05, 4.69) is 24.7 Å². The van der Waals surface area contributed by atoms with Crippen molar-refractivity contribution in [1.29, 1.82) is 0 Å². The molecule has 15 heteroatoms. The average Bonchev–Trinajstić information content (AvgIpc) is 3.89. The minimum atomic E-state index is -4.49. The number of alkyl halides is 3.